The summed E-state index contributed by atoms with van der Waals surface area (Å²) in [6, 6.07) is 7.52. The van der Waals surface area contributed by atoms with Crippen LogP contribution < -0.4 is 10.1 Å². The highest BCUT2D eigenvalue weighted by molar-refractivity contribution is 5.94. The first kappa shape index (κ1) is 17.6. The van der Waals surface area contributed by atoms with Gasteiger partial charge < -0.3 is 19.5 Å². The number of benzene rings is 1. The molecule has 1 aliphatic heterocycles. The summed E-state index contributed by atoms with van der Waals surface area (Å²) in [6.45, 7) is 1.68. The third-order valence-corrected chi connectivity index (χ3v) is 5.18. The number of imidazole rings is 1. The SMILES string of the molecule is Cn1ccnc1COc1ccc(C(=O)NCC2CC(=O)N(C3CC3)C2)cc1. The Morgan fingerprint density at radius 1 is 1.30 bits per heavy atom. The van der Waals surface area contributed by atoms with Crippen LogP contribution in [-0.4, -0.2) is 45.4 Å². The molecule has 2 aromatic rings. The third kappa shape index (κ3) is 4.13. The standard InChI is InChI=1S/C20H24N4O3/c1-23-9-8-21-18(23)13-27-17-6-2-15(3-7-17)20(26)22-11-14-10-19(25)24(12-14)16-4-5-16/h2-3,6-9,14,16H,4-5,10-13H2,1H3,(H,22,26). The molecule has 2 fully saturated rings. The molecule has 7 nitrogen and oxygen atoms in total. The Kier molecular flexibility index (Phi) is 4.83. The van der Waals surface area contributed by atoms with E-state index in [9.17, 15) is 9.59 Å². The smallest absolute Gasteiger partial charge is 0.251 e. The predicted octanol–water partition coefficient (Wildman–Crippen LogP) is 1.74. The minimum absolute atomic E-state index is 0.122. The van der Waals surface area contributed by atoms with Crippen LogP contribution in [0.25, 0.3) is 0 Å². The molecule has 1 saturated heterocycles. The van der Waals surface area contributed by atoms with E-state index in [4.69, 9.17) is 4.74 Å². The van der Waals surface area contributed by atoms with Gasteiger partial charge in [0.2, 0.25) is 5.91 Å². The lowest BCUT2D eigenvalue weighted by molar-refractivity contribution is -0.128. The Morgan fingerprint density at radius 3 is 2.74 bits per heavy atom. The van der Waals surface area contributed by atoms with Crippen LogP contribution in [-0.2, 0) is 18.4 Å². The second-order valence-electron chi connectivity index (χ2n) is 7.32. The Morgan fingerprint density at radius 2 is 2.07 bits per heavy atom. The zero-order chi connectivity index (χ0) is 18.8. The lowest BCUT2D eigenvalue weighted by atomic mass is 10.1. The Bertz CT molecular complexity index is 826. The highest BCUT2D eigenvalue weighted by Crippen LogP contribution is 2.32. The molecule has 2 amide bonds. The van der Waals surface area contributed by atoms with Crippen LogP contribution in [0.4, 0.5) is 0 Å². The fourth-order valence-corrected chi connectivity index (χ4v) is 3.41. The highest BCUT2D eigenvalue weighted by Gasteiger charge is 2.39. The van der Waals surface area contributed by atoms with Crippen molar-refractivity contribution in [3.8, 4) is 5.75 Å². The van der Waals surface area contributed by atoms with Crippen molar-refractivity contribution in [3.63, 3.8) is 0 Å². The first-order valence-electron chi connectivity index (χ1n) is 9.37. The summed E-state index contributed by atoms with van der Waals surface area (Å²) in [5.41, 5.74) is 0.586. The molecule has 142 valence electrons. The van der Waals surface area contributed by atoms with E-state index in [1.54, 1.807) is 30.5 Å². The largest absolute Gasteiger partial charge is 0.486 e. The molecule has 1 N–H and O–H groups in total. The number of aromatic nitrogens is 2. The molecule has 1 aromatic heterocycles. The monoisotopic (exact) mass is 368 g/mol. The highest BCUT2D eigenvalue weighted by atomic mass is 16.5. The van der Waals surface area contributed by atoms with E-state index in [0.29, 0.717) is 36.9 Å². The molecular weight excluding hydrogens is 344 g/mol. The molecule has 1 saturated carbocycles. The Balaban J connectivity index is 1.25. The second kappa shape index (κ2) is 7.42. The summed E-state index contributed by atoms with van der Waals surface area (Å²) < 4.78 is 7.60. The number of nitrogens with one attached hydrogen (secondary N) is 1. The fraction of sp³-hybridized carbons (Fsp3) is 0.450. The summed E-state index contributed by atoms with van der Waals surface area (Å²) in [7, 11) is 1.92. The van der Waals surface area contributed by atoms with E-state index in [1.165, 1.54) is 0 Å². The number of likely N-dealkylation sites (tertiary alicyclic amines) is 1. The molecule has 0 spiro atoms. The van der Waals surface area contributed by atoms with Gasteiger partial charge in [0.1, 0.15) is 18.2 Å². The summed E-state index contributed by atoms with van der Waals surface area (Å²) >= 11 is 0. The fourth-order valence-electron chi connectivity index (χ4n) is 3.41. The van der Waals surface area contributed by atoms with Gasteiger partial charge in [-0.15, -0.1) is 0 Å². The van der Waals surface area contributed by atoms with Crippen molar-refractivity contribution in [3.05, 3.63) is 48.0 Å². The molecule has 2 heterocycles. The Hall–Kier alpha value is -2.83. The molecule has 0 radical (unpaired) electrons. The van der Waals surface area contributed by atoms with Crippen molar-refractivity contribution in [2.45, 2.75) is 31.9 Å². The summed E-state index contributed by atoms with van der Waals surface area (Å²) in [4.78, 5) is 30.5. The maximum Gasteiger partial charge on any atom is 0.251 e. The van der Waals surface area contributed by atoms with Crippen molar-refractivity contribution in [1.29, 1.82) is 0 Å². The van der Waals surface area contributed by atoms with Gasteiger partial charge in [0.25, 0.3) is 5.91 Å². The normalized spacial score (nSPS) is 19.4. The van der Waals surface area contributed by atoms with Crippen LogP contribution in [0.5, 0.6) is 5.75 Å². The number of carbonyl (C=O) groups is 2. The van der Waals surface area contributed by atoms with Crippen LogP contribution in [0, 0.1) is 5.92 Å². The van der Waals surface area contributed by atoms with Gasteiger partial charge in [-0.25, -0.2) is 4.98 Å². The van der Waals surface area contributed by atoms with Crippen LogP contribution in [0.1, 0.15) is 35.4 Å². The van der Waals surface area contributed by atoms with Crippen molar-refractivity contribution in [2.75, 3.05) is 13.1 Å². The van der Waals surface area contributed by atoms with Gasteiger partial charge in [-0.1, -0.05) is 0 Å². The summed E-state index contributed by atoms with van der Waals surface area (Å²) in [5, 5.41) is 2.95. The minimum atomic E-state index is -0.122. The molecule has 1 aromatic carbocycles. The number of hydrogen-bond donors (Lipinski definition) is 1. The second-order valence-corrected chi connectivity index (χ2v) is 7.32. The number of ether oxygens (including phenoxy) is 1. The molecule has 1 unspecified atom stereocenters. The first-order valence-corrected chi connectivity index (χ1v) is 9.37. The van der Waals surface area contributed by atoms with E-state index in [-0.39, 0.29) is 17.7 Å². The maximum absolute atomic E-state index is 12.3. The number of nitrogens with zero attached hydrogens (tertiary/aromatic N) is 3. The van der Waals surface area contributed by atoms with Crippen molar-refractivity contribution in [2.24, 2.45) is 13.0 Å². The molecule has 4 rings (SSSR count). The van der Waals surface area contributed by atoms with Gasteiger partial charge in [-0.2, -0.15) is 0 Å². The molecule has 27 heavy (non-hydrogen) atoms. The van der Waals surface area contributed by atoms with E-state index in [0.717, 1.165) is 25.2 Å². The summed E-state index contributed by atoms with van der Waals surface area (Å²) in [6.07, 6.45) is 6.39. The zero-order valence-corrected chi connectivity index (χ0v) is 15.4. The number of hydrogen-bond acceptors (Lipinski definition) is 4. The van der Waals surface area contributed by atoms with Gasteiger partial charge in [0.15, 0.2) is 0 Å². The van der Waals surface area contributed by atoms with Crippen LogP contribution in [0.2, 0.25) is 0 Å². The van der Waals surface area contributed by atoms with Crippen molar-refractivity contribution < 1.29 is 14.3 Å². The number of aryl methyl sites for hydroxylation is 1. The zero-order valence-electron chi connectivity index (χ0n) is 15.4. The molecule has 2 aliphatic rings. The summed E-state index contributed by atoms with van der Waals surface area (Å²) in [5.74, 6) is 1.84. The van der Waals surface area contributed by atoms with Crippen LogP contribution >= 0.6 is 0 Å². The minimum Gasteiger partial charge on any atom is -0.486 e. The molecule has 7 heteroatoms. The molecule has 1 aliphatic carbocycles. The number of carbonyl (C=O) groups excluding carboxylic acids is 2. The van der Waals surface area contributed by atoms with E-state index in [1.807, 2.05) is 22.7 Å². The molecule has 1 atom stereocenters. The van der Waals surface area contributed by atoms with Crippen molar-refractivity contribution in [1.82, 2.24) is 19.8 Å². The van der Waals surface area contributed by atoms with E-state index >= 15 is 0 Å². The number of amides is 2. The van der Waals surface area contributed by atoms with Gasteiger partial charge in [0, 0.05) is 56.5 Å². The lowest BCUT2D eigenvalue weighted by Gasteiger charge is -2.15. The average Bonchev–Trinajstić information content (AvgIpc) is 3.33. The Labute approximate surface area is 158 Å². The maximum atomic E-state index is 12.3. The van der Waals surface area contributed by atoms with E-state index < -0.39 is 0 Å². The molecule has 0 bridgehead atoms. The van der Waals surface area contributed by atoms with Crippen LogP contribution in [0.3, 0.4) is 0 Å². The lowest BCUT2D eigenvalue weighted by Crippen LogP contribution is -2.32. The van der Waals surface area contributed by atoms with E-state index in [2.05, 4.69) is 10.3 Å². The third-order valence-electron chi connectivity index (χ3n) is 5.18. The average molecular weight is 368 g/mol. The predicted molar refractivity (Wildman–Crippen MR) is 99.2 cm³/mol. The van der Waals surface area contributed by atoms with Crippen LogP contribution in [0.15, 0.2) is 36.7 Å². The first-order chi connectivity index (χ1) is 13.1. The topological polar surface area (TPSA) is 76.5 Å². The van der Waals surface area contributed by atoms with Gasteiger partial charge >= 0.3 is 0 Å². The van der Waals surface area contributed by atoms with Gasteiger partial charge in [0.05, 0.1) is 0 Å². The van der Waals surface area contributed by atoms with Gasteiger partial charge in [-0.3, -0.25) is 9.59 Å². The number of rotatable bonds is 7. The molecular formula is C20H24N4O3. The van der Waals surface area contributed by atoms with Crippen molar-refractivity contribution >= 4 is 11.8 Å². The quantitative estimate of drug-likeness (QED) is 0.808. The van der Waals surface area contributed by atoms with Gasteiger partial charge in [-0.05, 0) is 37.1 Å².